The number of benzene rings is 1. The van der Waals surface area contributed by atoms with E-state index in [2.05, 4.69) is 20.9 Å². The zero-order chi connectivity index (χ0) is 19.0. The Kier molecular flexibility index (Phi) is 4.97. The van der Waals surface area contributed by atoms with E-state index in [1.54, 1.807) is 16.0 Å². The number of hydrogen-bond acceptors (Lipinski definition) is 4. The van der Waals surface area contributed by atoms with Gasteiger partial charge in [-0.05, 0) is 29.8 Å². The Morgan fingerprint density at radius 1 is 1.22 bits per heavy atom. The first-order valence-electron chi connectivity index (χ1n) is 8.93. The molecule has 2 amide bonds. The fraction of sp³-hybridized carbons (Fsp3) is 0.350. The Morgan fingerprint density at radius 2 is 2.00 bits per heavy atom. The lowest BCUT2D eigenvalue weighted by atomic mass is 9.73. The molecule has 1 aromatic carbocycles. The van der Waals surface area contributed by atoms with Gasteiger partial charge in [-0.15, -0.1) is 0 Å². The van der Waals surface area contributed by atoms with Crippen molar-refractivity contribution in [2.75, 3.05) is 19.7 Å². The summed E-state index contributed by atoms with van der Waals surface area (Å²) in [5.74, 6) is -0.172. The van der Waals surface area contributed by atoms with Crippen molar-refractivity contribution in [2.24, 2.45) is 0 Å². The maximum Gasteiger partial charge on any atom is 0.242 e. The summed E-state index contributed by atoms with van der Waals surface area (Å²) in [7, 11) is 0. The summed E-state index contributed by atoms with van der Waals surface area (Å²) in [6, 6.07) is 13.1. The number of fused-ring (bicyclic) bond motifs is 1. The van der Waals surface area contributed by atoms with Crippen LogP contribution >= 0.6 is 15.9 Å². The van der Waals surface area contributed by atoms with Crippen molar-refractivity contribution in [1.29, 1.82) is 0 Å². The average Bonchev–Trinajstić information content (AvgIpc) is 2.65. The Bertz CT molecular complexity index is 843. The minimum Gasteiger partial charge on any atom is -0.394 e. The zero-order valence-corrected chi connectivity index (χ0v) is 16.2. The highest BCUT2D eigenvalue weighted by atomic mass is 79.9. The van der Waals surface area contributed by atoms with Crippen LogP contribution in [0.2, 0.25) is 0 Å². The van der Waals surface area contributed by atoms with Crippen molar-refractivity contribution in [3.05, 3.63) is 64.4 Å². The fourth-order valence-electron chi connectivity index (χ4n) is 4.14. The number of halogens is 1. The van der Waals surface area contributed by atoms with Crippen molar-refractivity contribution in [2.45, 2.75) is 24.4 Å². The van der Waals surface area contributed by atoms with Crippen LogP contribution in [0, 0.1) is 0 Å². The van der Waals surface area contributed by atoms with Crippen molar-refractivity contribution < 1.29 is 14.7 Å². The number of rotatable bonds is 4. The molecule has 3 heterocycles. The molecule has 0 unspecified atom stereocenters. The van der Waals surface area contributed by atoms with E-state index in [-0.39, 0.29) is 49.4 Å². The highest BCUT2D eigenvalue weighted by Crippen LogP contribution is 2.43. The van der Waals surface area contributed by atoms with Gasteiger partial charge in [-0.1, -0.05) is 34.1 Å². The van der Waals surface area contributed by atoms with E-state index >= 15 is 0 Å². The molecule has 4 rings (SSSR count). The topological polar surface area (TPSA) is 73.7 Å². The van der Waals surface area contributed by atoms with E-state index < -0.39 is 0 Å². The van der Waals surface area contributed by atoms with Crippen LogP contribution in [0.4, 0.5) is 0 Å². The number of carbonyl (C=O) groups excluding carboxylic acids is 2. The molecule has 2 aliphatic heterocycles. The number of piperazine rings is 1. The number of hydrogen-bond donors (Lipinski definition) is 1. The summed E-state index contributed by atoms with van der Waals surface area (Å²) < 4.78 is 0.981. The molecule has 0 saturated carbocycles. The summed E-state index contributed by atoms with van der Waals surface area (Å²) in [5, 5.41) is 9.81. The van der Waals surface area contributed by atoms with Gasteiger partial charge in [-0.3, -0.25) is 14.6 Å². The molecule has 27 heavy (non-hydrogen) atoms. The molecular weight excluding hydrogens is 410 g/mol. The SMILES string of the molecule is O=C(Cc1ccccn1)N1CC(=O)N2[C@H](C1)[C@@H](c1ccc(Br)cc1)[C@@H]2CO. The smallest absolute Gasteiger partial charge is 0.242 e. The second-order valence-corrected chi connectivity index (χ2v) is 7.88. The molecule has 2 aromatic rings. The molecule has 0 spiro atoms. The van der Waals surface area contributed by atoms with Gasteiger partial charge >= 0.3 is 0 Å². The van der Waals surface area contributed by atoms with Crippen LogP contribution in [0.3, 0.4) is 0 Å². The summed E-state index contributed by atoms with van der Waals surface area (Å²) in [6.45, 7) is 0.464. The van der Waals surface area contributed by atoms with Gasteiger partial charge in [0.1, 0.15) is 0 Å². The first-order valence-corrected chi connectivity index (χ1v) is 9.73. The average molecular weight is 430 g/mol. The van der Waals surface area contributed by atoms with E-state index in [0.717, 1.165) is 10.0 Å². The molecule has 3 atom stereocenters. The van der Waals surface area contributed by atoms with Crippen molar-refractivity contribution in [3.8, 4) is 0 Å². The number of nitrogens with zero attached hydrogens (tertiary/aromatic N) is 3. The van der Waals surface area contributed by atoms with Gasteiger partial charge in [-0.25, -0.2) is 0 Å². The molecule has 0 bridgehead atoms. The molecule has 1 aromatic heterocycles. The molecule has 2 aliphatic rings. The van der Waals surface area contributed by atoms with Crippen LogP contribution in [0.25, 0.3) is 0 Å². The van der Waals surface area contributed by atoms with Gasteiger partial charge in [-0.2, -0.15) is 0 Å². The maximum atomic E-state index is 12.7. The molecule has 7 heteroatoms. The van der Waals surface area contributed by atoms with Gasteiger partial charge in [0.2, 0.25) is 11.8 Å². The normalized spacial score (nSPS) is 24.4. The fourth-order valence-corrected chi connectivity index (χ4v) is 4.41. The summed E-state index contributed by atoms with van der Waals surface area (Å²) in [5.41, 5.74) is 1.77. The minimum atomic E-state index is -0.225. The number of carbonyl (C=O) groups is 2. The van der Waals surface area contributed by atoms with Gasteiger partial charge in [0.25, 0.3) is 0 Å². The predicted molar refractivity (Wildman–Crippen MR) is 103 cm³/mol. The Labute approximate surface area is 165 Å². The number of amides is 2. The second kappa shape index (κ2) is 7.40. The summed E-state index contributed by atoms with van der Waals surface area (Å²) >= 11 is 3.43. The lowest BCUT2D eigenvalue weighted by Gasteiger charge is -2.58. The lowest BCUT2D eigenvalue weighted by Crippen LogP contribution is -2.73. The molecule has 2 fully saturated rings. The maximum absolute atomic E-state index is 12.7. The first kappa shape index (κ1) is 18.1. The van der Waals surface area contributed by atoms with E-state index in [9.17, 15) is 14.7 Å². The van der Waals surface area contributed by atoms with Crippen LogP contribution in [-0.4, -0.2) is 63.5 Å². The molecule has 1 N–H and O–H groups in total. The Balaban J connectivity index is 1.52. The predicted octanol–water partition coefficient (Wildman–Crippen LogP) is 1.58. The summed E-state index contributed by atoms with van der Waals surface area (Å²) in [4.78, 5) is 32.9. The third-order valence-corrected chi connectivity index (χ3v) is 5.95. The number of pyridine rings is 1. The third kappa shape index (κ3) is 3.37. The van der Waals surface area contributed by atoms with Crippen molar-refractivity contribution >= 4 is 27.7 Å². The quantitative estimate of drug-likeness (QED) is 0.800. The largest absolute Gasteiger partial charge is 0.394 e. The molecule has 0 radical (unpaired) electrons. The van der Waals surface area contributed by atoms with Crippen molar-refractivity contribution in [3.63, 3.8) is 0 Å². The second-order valence-electron chi connectivity index (χ2n) is 6.97. The first-order chi connectivity index (χ1) is 13.1. The van der Waals surface area contributed by atoms with Crippen LogP contribution in [0.15, 0.2) is 53.1 Å². The monoisotopic (exact) mass is 429 g/mol. The van der Waals surface area contributed by atoms with Crippen LogP contribution in [0.1, 0.15) is 17.2 Å². The van der Waals surface area contributed by atoms with Gasteiger partial charge in [0, 0.05) is 28.8 Å². The Morgan fingerprint density at radius 3 is 2.67 bits per heavy atom. The van der Waals surface area contributed by atoms with Crippen LogP contribution in [-0.2, 0) is 16.0 Å². The van der Waals surface area contributed by atoms with E-state index in [1.165, 1.54) is 0 Å². The minimum absolute atomic E-state index is 0.0255. The number of aliphatic hydroxyl groups is 1. The van der Waals surface area contributed by atoms with Gasteiger partial charge < -0.3 is 14.9 Å². The van der Waals surface area contributed by atoms with Gasteiger partial charge in [0.05, 0.1) is 31.7 Å². The molecule has 2 saturated heterocycles. The molecule has 6 nitrogen and oxygen atoms in total. The zero-order valence-electron chi connectivity index (χ0n) is 14.7. The van der Waals surface area contributed by atoms with Crippen molar-refractivity contribution in [1.82, 2.24) is 14.8 Å². The third-order valence-electron chi connectivity index (χ3n) is 5.42. The number of aliphatic hydroxyl groups excluding tert-OH is 1. The van der Waals surface area contributed by atoms with Gasteiger partial charge in [0.15, 0.2) is 0 Å². The molecule has 0 aliphatic carbocycles. The van der Waals surface area contributed by atoms with E-state index in [4.69, 9.17) is 0 Å². The highest BCUT2D eigenvalue weighted by molar-refractivity contribution is 9.10. The van der Waals surface area contributed by atoms with E-state index in [1.807, 2.05) is 42.5 Å². The molecule has 140 valence electrons. The summed E-state index contributed by atoms with van der Waals surface area (Å²) in [6.07, 6.45) is 1.85. The highest BCUT2D eigenvalue weighted by Gasteiger charge is 2.54. The van der Waals surface area contributed by atoms with Crippen LogP contribution < -0.4 is 0 Å². The number of aromatic nitrogens is 1. The van der Waals surface area contributed by atoms with E-state index in [0.29, 0.717) is 12.2 Å². The lowest BCUT2D eigenvalue weighted by molar-refractivity contribution is -0.166. The molecular formula is C20H20BrN3O3. The standard InChI is InChI=1S/C20H20BrN3O3/c21-14-6-4-13(5-7-14)20-16-10-23(11-19(27)24(16)17(20)12-25)18(26)9-15-3-1-2-8-22-15/h1-8,16-17,20,25H,9-12H2/t16-,17+,20-/m1/s1. The van der Waals surface area contributed by atoms with Crippen LogP contribution in [0.5, 0.6) is 0 Å². The Hall–Kier alpha value is -2.25.